The van der Waals surface area contributed by atoms with Crippen LogP contribution in [0, 0.1) is 0 Å². The highest BCUT2D eigenvalue weighted by atomic mass is 32.2. The van der Waals surface area contributed by atoms with E-state index in [-0.39, 0.29) is 16.8 Å². The molecule has 0 radical (unpaired) electrons. The van der Waals surface area contributed by atoms with Crippen molar-refractivity contribution in [2.45, 2.75) is 38.3 Å². The van der Waals surface area contributed by atoms with Crippen LogP contribution >= 0.6 is 0 Å². The molecule has 0 saturated carbocycles. The molecule has 0 unspecified atom stereocenters. The molecule has 1 N–H and O–H groups in total. The third kappa shape index (κ3) is 5.14. The summed E-state index contributed by atoms with van der Waals surface area (Å²) in [5, 5.41) is 0. The van der Waals surface area contributed by atoms with E-state index in [9.17, 15) is 13.2 Å². The van der Waals surface area contributed by atoms with Crippen LogP contribution in [0.25, 0.3) is 0 Å². The molecule has 2 aromatic rings. The average Bonchev–Trinajstić information content (AvgIpc) is 2.59. The van der Waals surface area contributed by atoms with Crippen LogP contribution in [0.2, 0.25) is 0 Å². The zero-order chi connectivity index (χ0) is 18.4. The number of nitrogens with one attached hydrogen (secondary N) is 1. The number of hydrogen-bond donors (Lipinski definition) is 1. The molecular weight excluding hydrogens is 336 g/mol. The summed E-state index contributed by atoms with van der Waals surface area (Å²) in [4.78, 5) is 14.6. The molecule has 5 nitrogen and oxygen atoms in total. The Morgan fingerprint density at radius 1 is 1.08 bits per heavy atom. The number of benzene rings is 2. The van der Waals surface area contributed by atoms with Crippen molar-refractivity contribution in [3.63, 3.8) is 0 Å². The first-order chi connectivity index (χ1) is 11.8. The van der Waals surface area contributed by atoms with E-state index in [0.29, 0.717) is 18.7 Å². The third-order valence-corrected chi connectivity index (χ3v) is 5.32. The predicted molar refractivity (Wildman–Crippen MR) is 98.8 cm³/mol. The summed E-state index contributed by atoms with van der Waals surface area (Å²) in [6.07, 6.45) is 0. The second-order valence-electron chi connectivity index (χ2n) is 6.11. The van der Waals surface area contributed by atoms with Crippen LogP contribution < -0.4 is 4.72 Å². The zero-order valence-corrected chi connectivity index (χ0v) is 15.6. The summed E-state index contributed by atoms with van der Waals surface area (Å²) in [6.45, 7) is 6.44. The Bertz CT molecular complexity index is 818. The molecule has 134 valence electrons. The normalized spacial score (nSPS) is 11.5. The lowest BCUT2D eigenvalue weighted by atomic mass is 10.1. The highest BCUT2D eigenvalue weighted by molar-refractivity contribution is 7.89. The second kappa shape index (κ2) is 8.27. The van der Waals surface area contributed by atoms with E-state index in [1.807, 2.05) is 37.3 Å². The zero-order valence-electron chi connectivity index (χ0n) is 14.8. The summed E-state index contributed by atoms with van der Waals surface area (Å²) in [6, 6.07) is 15.7. The molecule has 0 fully saturated rings. The summed E-state index contributed by atoms with van der Waals surface area (Å²) < 4.78 is 27.2. The van der Waals surface area contributed by atoms with Gasteiger partial charge in [-0.15, -0.1) is 0 Å². The monoisotopic (exact) mass is 360 g/mol. The molecular formula is C19H24N2O3S. The van der Waals surface area contributed by atoms with Crippen LogP contribution in [0.4, 0.5) is 0 Å². The minimum absolute atomic E-state index is 0.0998. The van der Waals surface area contributed by atoms with Gasteiger partial charge in [-0.05, 0) is 44.5 Å². The first-order valence-electron chi connectivity index (χ1n) is 8.29. The maximum atomic E-state index is 12.8. The van der Waals surface area contributed by atoms with Crippen LogP contribution in [0.5, 0.6) is 0 Å². The number of sulfonamides is 1. The molecule has 2 rings (SSSR count). The fraction of sp³-hybridized carbons (Fsp3) is 0.316. The Morgan fingerprint density at radius 3 is 2.36 bits per heavy atom. The van der Waals surface area contributed by atoms with Gasteiger partial charge in [0.15, 0.2) is 0 Å². The van der Waals surface area contributed by atoms with Gasteiger partial charge >= 0.3 is 0 Å². The number of rotatable bonds is 7. The SMILES string of the molecule is CCN(Cc1ccccc1)C(=O)c1cccc(S(=O)(=O)NC(C)C)c1. The van der Waals surface area contributed by atoms with Crippen molar-refractivity contribution in [1.82, 2.24) is 9.62 Å². The smallest absolute Gasteiger partial charge is 0.254 e. The third-order valence-electron chi connectivity index (χ3n) is 3.67. The molecule has 0 aromatic heterocycles. The van der Waals surface area contributed by atoms with Crippen molar-refractivity contribution >= 4 is 15.9 Å². The quantitative estimate of drug-likeness (QED) is 0.825. The minimum Gasteiger partial charge on any atom is -0.335 e. The Morgan fingerprint density at radius 2 is 1.76 bits per heavy atom. The minimum atomic E-state index is -3.63. The van der Waals surface area contributed by atoms with E-state index in [1.54, 1.807) is 30.9 Å². The van der Waals surface area contributed by atoms with Crippen molar-refractivity contribution in [3.05, 3.63) is 65.7 Å². The van der Waals surface area contributed by atoms with Gasteiger partial charge in [-0.1, -0.05) is 36.4 Å². The van der Waals surface area contributed by atoms with Gasteiger partial charge in [0, 0.05) is 24.7 Å². The topological polar surface area (TPSA) is 66.5 Å². The van der Waals surface area contributed by atoms with Crippen molar-refractivity contribution in [2.75, 3.05) is 6.54 Å². The van der Waals surface area contributed by atoms with Gasteiger partial charge in [0.25, 0.3) is 5.91 Å². The molecule has 6 heteroatoms. The molecule has 0 aliphatic carbocycles. The van der Waals surface area contributed by atoms with Crippen molar-refractivity contribution < 1.29 is 13.2 Å². The highest BCUT2D eigenvalue weighted by Gasteiger charge is 2.19. The Hall–Kier alpha value is -2.18. The molecule has 0 aliphatic heterocycles. The lowest BCUT2D eigenvalue weighted by molar-refractivity contribution is 0.0752. The maximum absolute atomic E-state index is 12.8. The van der Waals surface area contributed by atoms with Gasteiger partial charge in [0.2, 0.25) is 10.0 Å². The van der Waals surface area contributed by atoms with Crippen LogP contribution in [-0.4, -0.2) is 31.8 Å². The van der Waals surface area contributed by atoms with Crippen LogP contribution in [0.3, 0.4) is 0 Å². The average molecular weight is 360 g/mol. The summed E-state index contributed by atoms with van der Waals surface area (Å²) in [5.74, 6) is -0.187. The van der Waals surface area contributed by atoms with Gasteiger partial charge in [-0.3, -0.25) is 4.79 Å². The molecule has 2 aromatic carbocycles. The van der Waals surface area contributed by atoms with Crippen LogP contribution in [-0.2, 0) is 16.6 Å². The Labute approximate surface area is 149 Å². The van der Waals surface area contributed by atoms with E-state index < -0.39 is 10.0 Å². The fourth-order valence-corrected chi connectivity index (χ4v) is 3.78. The molecule has 0 saturated heterocycles. The molecule has 0 atom stereocenters. The van der Waals surface area contributed by atoms with Gasteiger partial charge < -0.3 is 4.90 Å². The highest BCUT2D eigenvalue weighted by Crippen LogP contribution is 2.15. The lowest BCUT2D eigenvalue weighted by Crippen LogP contribution is -2.32. The molecule has 0 heterocycles. The molecule has 0 aliphatic rings. The molecule has 1 amide bonds. The van der Waals surface area contributed by atoms with Gasteiger partial charge in [0.05, 0.1) is 4.90 Å². The van der Waals surface area contributed by atoms with Crippen molar-refractivity contribution in [2.24, 2.45) is 0 Å². The summed E-state index contributed by atoms with van der Waals surface area (Å²) >= 11 is 0. The van der Waals surface area contributed by atoms with E-state index in [1.165, 1.54) is 12.1 Å². The lowest BCUT2D eigenvalue weighted by Gasteiger charge is -2.21. The first kappa shape index (κ1) is 19.1. The van der Waals surface area contributed by atoms with Crippen LogP contribution in [0.1, 0.15) is 36.7 Å². The van der Waals surface area contributed by atoms with Gasteiger partial charge in [0.1, 0.15) is 0 Å². The van der Waals surface area contributed by atoms with Gasteiger partial charge in [-0.2, -0.15) is 0 Å². The molecule has 0 bridgehead atoms. The van der Waals surface area contributed by atoms with Gasteiger partial charge in [-0.25, -0.2) is 13.1 Å². The number of amides is 1. The molecule has 25 heavy (non-hydrogen) atoms. The number of carbonyl (C=O) groups is 1. The second-order valence-corrected chi connectivity index (χ2v) is 7.82. The fourth-order valence-electron chi connectivity index (χ4n) is 2.49. The predicted octanol–water partition coefficient (Wildman–Crippen LogP) is 3.04. The van der Waals surface area contributed by atoms with Crippen molar-refractivity contribution in [3.8, 4) is 0 Å². The Balaban J connectivity index is 2.25. The maximum Gasteiger partial charge on any atom is 0.254 e. The largest absolute Gasteiger partial charge is 0.335 e. The number of carbonyl (C=O) groups excluding carboxylic acids is 1. The summed E-state index contributed by atoms with van der Waals surface area (Å²) in [5.41, 5.74) is 1.40. The number of hydrogen-bond acceptors (Lipinski definition) is 3. The standard InChI is InChI=1S/C19H24N2O3S/c1-4-21(14-16-9-6-5-7-10-16)19(22)17-11-8-12-18(13-17)25(23,24)20-15(2)3/h5-13,15,20H,4,14H2,1-3H3. The first-order valence-corrected chi connectivity index (χ1v) is 9.77. The molecule has 0 spiro atoms. The Kier molecular flexibility index (Phi) is 6.33. The van der Waals surface area contributed by atoms with E-state index in [0.717, 1.165) is 5.56 Å². The van der Waals surface area contributed by atoms with E-state index in [2.05, 4.69) is 4.72 Å². The van der Waals surface area contributed by atoms with Crippen molar-refractivity contribution in [1.29, 1.82) is 0 Å². The van der Waals surface area contributed by atoms with E-state index >= 15 is 0 Å². The van der Waals surface area contributed by atoms with Crippen LogP contribution in [0.15, 0.2) is 59.5 Å². The number of nitrogens with zero attached hydrogens (tertiary/aromatic N) is 1. The van der Waals surface area contributed by atoms with E-state index in [4.69, 9.17) is 0 Å². The summed E-state index contributed by atoms with van der Waals surface area (Å²) in [7, 11) is -3.63.